The molecule has 1 amide bonds. The summed E-state index contributed by atoms with van der Waals surface area (Å²) < 4.78 is 5.72. The fourth-order valence-electron chi connectivity index (χ4n) is 2.07. The van der Waals surface area contributed by atoms with E-state index in [9.17, 15) is 4.79 Å². The standard InChI is InChI=1S/C17H18N2O2/c20-17(14-7-8-14)19-11-13-4-3-6-16(10-13)21-12-15-5-1-2-9-18-15/h1-6,9-10,14H,7-8,11-12H2,(H,19,20). The first-order chi connectivity index (χ1) is 10.3. The predicted molar refractivity (Wildman–Crippen MR) is 79.6 cm³/mol. The molecule has 4 nitrogen and oxygen atoms in total. The number of hydrogen-bond acceptors (Lipinski definition) is 3. The molecule has 3 rings (SSSR count). The molecule has 1 saturated carbocycles. The molecular formula is C17H18N2O2. The Morgan fingerprint density at radius 3 is 2.90 bits per heavy atom. The third-order valence-corrected chi connectivity index (χ3v) is 3.43. The molecule has 21 heavy (non-hydrogen) atoms. The summed E-state index contributed by atoms with van der Waals surface area (Å²) in [7, 11) is 0. The highest BCUT2D eigenvalue weighted by molar-refractivity contribution is 5.80. The number of carbonyl (C=O) groups is 1. The molecule has 1 heterocycles. The van der Waals surface area contributed by atoms with Gasteiger partial charge in [0.1, 0.15) is 12.4 Å². The molecule has 1 aliphatic carbocycles. The minimum absolute atomic E-state index is 0.162. The number of nitrogens with zero attached hydrogens (tertiary/aromatic N) is 1. The van der Waals surface area contributed by atoms with E-state index < -0.39 is 0 Å². The lowest BCUT2D eigenvalue weighted by atomic mass is 10.2. The highest BCUT2D eigenvalue weighted by Crippen LogP contribution is 2.28. The van der Waals surface area contributed by atoms with Crippen LogP contribution in [0.4, 0.5) is 0 Å². The van der Waals surface area contributed by atoms with Crippen LogP contribution in [0.5, 0.6) is 5.75 Å². The van der Waals surface area contributed by atoms with Crippen molar-refractivity contribution >= 4 is 5.91 Å². The van der Waals surface area contributed by atoms with E-state index in [1.54, 1.807) is 6.20 Å². The van der Waals surface area contributed by atoms with Crippen molar-refractivity contribution in [1.82, 2.24) is 10.3 Å². The van der Waals surface area contributed by atoms with Crippen LogP contribution in [0.2, 0.25) is 0 Å². The molecule has 0 atom stereocenters. The van der Waals surface area contributed by atoms with Crippen molar-refractivity contribution in [2.75, 3.05) is 0 Å². The largest absolute Gasteiger partial charge is 0.487 e. The van der Waals surface area contributed by atoms with Crippen molar-refractivity contribution in [2.45, 2.75) is 26.0 Å². The van der Waals surface area contributed by atoms with Gasteiger partial charge < -0.3 is 10.1 Å². The Morgan fingerprint density at radius 2 is 2.14 bits per heavy atom. The number of hydrogen-bond donors (Lipinski definition) is 1. The van der Waals surface area contributed by atoms with Gasteiger partial charge in [-0.3, -0.25) is 9.78 Å². The van der Waals surface area contributed by atoms with Crippen molar-refractivity contribution in [2.24, 2.45) is 5.92 Å². The van der Waals surface area contributed by atoms with E-state index in [1.807, 2.05) is 42.5 Å². The fourth-order valence-corrected chi connectivity index (χ4v) is 2.07. The molecule has 1 aromatic carbocycles. The van der Waals surface area contributed by atoms with E-state index in [4.69, 9.17) is 4.74 Å². The Hall–Kier alpha value is -2.36. The average molecular weight is 282 g/mol. The molecule has 0 bridgehead atoms. The lowest BCUT2D eigenvalue weighted by Gasteiger charge is -2.08. The summed E-state index contributed by atoms with van der Waals surface area (Å²) >= 11 is 0. The van der Waals surface area contributed by atoms with Crippen molar-refractivity contribution in [1.29, 1.82) is 0 Å². The van der Waals surface area contributed by atoms with Crippen LogP contribution in [-0.4, -0.2) is 10.9 Å². The Bertz CT molecular complexity index is 609. The minimum Gasteiger partial charge on any atom is -0.487 e. The molecule has 1 aromatic heterocycles. The molecule has 1 N–H and O–H groups in total. The van der Waals surface area contributed by atoms with Gasteiger partial charge in [-0.15, -0.1) is 0 Å². The third kappa shape index (κ3) is 4.05. The van der Waals surface area contributed by atoms with Crippen molar-refractivity contribution < 1.29 is 9.53 Å². The smallest absolute Gasteiger partial charge is 0.223 e. The zero-order valence-corrected chi connectivity index (χ0v) is 11.8. The summed E-state index contributed by atoms with van der Waals surface area (Å²) in [5.41, 5.74) is 1.94. The van der Waals surface area contributed by atoms with Crippen LogP contribution in [0.3, 0.4) is 0 Å². The molecule has 1 fully saturated rings. The first-order valence-electron chi connectivity index (χ1n) is 7.20. The lowest BCUT2D eigenvalue weighted by molar-refractivity contribution is -0.122. The highest BCUT2D eigenvalue weighted by atomic mass is 16.5. The maximum atomic E-state index is 11.6. The van der Waals surface area contributed by atoms with Gasteiger partial charge in [0.25, 0.3) is 0 Å². The second kappa shape index (κ2) is 6.39. The monoisotopic (exact) mass is 282 g/mol. The zero-order valence-electron chi connectivity index (χ0n) is 11.8. The summed E-state index contributed by atoms with van der Waals surface area (Å²) in [6.45, 7) is 0.995. The predicted octanol–water partition coefficient (Wildman–Crippen LogP) is 2.69. The van der Waals surface area contributed by atoms with Gasteiger partial charge in [0.15, 0.2) is 0 Å². The van der Waals surface area contributed by atoms with E-state index in [-0.39, 0.29) is 11.8 Å². The maximum absolute atomic E-state index is 11.6. The van der Waals surface area contributed by atoms with Crippen molar-refractivity contribution in [3.05, 3.63) is 59.9 Å². The van der Waals surface area contributed by atoms with E-state index in [1.165, 1.54) is 0 Å². The van der Waals surface area contributed by atoms with Gasteiger partial charge >= 0.3 is 0 Å². The van der Waals surface area contributed by atoms with E-state index in [0.717, 1.165) is 29.8 Å². The SMILES string of the molecule is O=C(NCc1cccc(OCc2ccccn2)c1)C1CC1. The summed E-state index contributed by atoms with van der Waals surface area (Å²) in [4.78, 5) is 15.8. The maximum Gasteiger partial charge on any atom is 0.223 e. The van der Waals surface area contributed by atoms with Crippen LogP contribution >= 0.6 is 0 Å². The van der Waals surface area contributed by atoms with E-state index in [0.29, 0.717) is 13.2 Å². The molecule has 1 aliphatic rings. The number of carbonyl (C=O) groups excluding carboxylic acids is 1. The Balaban J connectivity index is 1.53. The first kappa shape index (κ1) is 13.6. The van der Waals surface area contributed by atoms with Crippen LogP contribution in [0.1, 0.15) is 24.1 Å². The molecule has 0 aliphatic heterocycles. The van der Waals surface area contributed by atoms with Gasteiger partial charge in [-0.2, -0.15) is 0 Å². The minimum atomic E-state index is 0.162. The molecule has 4 heteroatoms. The average Bonchev–Trinajstić information content (AvgIpc) is 3.37. The summed E-state index contributed by atoms with van der Waals surface area (Å²) in [5.74, 6) is 1.20. The second-order valence-corrected chi connectivity index (χ2v) is 5.25. The Morgan fingerprint density at radius 1 is 1.24 bits per heavy atom. The number of amides is 1. The number of benzene rings is 1. The van der Waals surface area contributed by atoms with Crippen molar-refractivity contribution in [3.63, 3.8) is 0 Å². The Kier molecular flexibility index (Phi) is 4.15. The zero-order chi connectivity index (χ0) is 14.5. The van der Waals surface area contributed by atoms with E-state index >= 15 is 0 Å². The number of aromatic nitrogens is 1. The second-order valence-electron chi connectivity index (χ2n) is 5.25. The number of ether oxygens (including phenoxy) is 1. The van der Waals surface area contributed by atoms with Crippen LogP contribution in [0.25, 0.3) is 0 Å². The number of rotatable bonds is 6. The normalized spacial score (nSPS) is 13.7. The van der Waals surface area contributed by atoms with Gasteiger partial charge in [0.05, 0.1) is 5.69 Å². The van der Waals surface area contributed by atoms with E-state index in [2.05, 4.69) is 10.3 Å². The van der Waals surface area contributed by atoms with Crippen LogP contribution in [0.15, 0.2) is 48.7 Å². The quantitative estimate of drug-likeness (QED) is 0.886. The van der Waals surface area contributed by atoms with Gasteiger partial charge in [0, 0.05) is 18.7 Å². The summed E-state index contributed by atoms with van der Waals surface area (Å²) in [5, 5.41) is 2.96. The molecule has 0 unspecified atom stereocenters. The van der Waals surface area contributed by atoms with Crippen molar-refractivity contribution in [3.8, 4) is 5.75 Å². The summed E-state index contributed by atoms with van der Waals surface area (Å²) in [6, 6.07) is 13.5. The molecule has 2 aromatic rings. The Labute approximate surface area is 124 Å². The molecule has 0 radical (unpaired) electrons. The van der Waals surface area contributed by atoms with Gasteiger partial charge in [0.2, 0.25) is 5.91 Å². The van der Waals surface area contributed by atoms with Gasteiger partial charge in [-0.25, -0.2) is 0 Å². The molecule has 0 saturated heterocycles. The van der Waals surface area contributed by atoms with Crippen LogP contribution < -0.4 is 10.1 Å². The molecule has 108 valence electrons. The third-order valence-electron chi connectivity index (χ3n) is 3.43. The molecule has 0 spiro atoms. The van der Waals surface area contributed by atoms with Gasteiger partial charge in [-0.05, 0) is 42.7 Å². The van der Waals surface area contributed by atoms with Crippen LogP contribution in [-0.2, 0) is 17.9 Å². The topological polar surface area (TPSA) is 51.2 Å². The summed E-state index contributed by atoms with van der Waals surface area (Å²) in [6.07, 6.45) is 3.81. The number of nitrogens with one attached hydrogen (secondary N) is 1. The lowest BCUT2D eigenvalue weighted by Crippen LogP contribution is -2.24. The van der Waals surface area contributed by atoms with Crippen LogP contribution in [0, 0.1) is 5.92 Å². The highest BCUT2D eigenvalue weighted by Gasteiger charge is 2.29. The number of pyridine rings is 1. The van der Waals surface area contributed by atoms with Gasteiger partial charge in [-0.1, -0.05) is 18.2 Å². The first-order valence-corrected chi connectivity index (χ1v) is 7.20. The fraction of sp³-hybridized carbons (Fsp3) is 0.294. The molecular weight excluding hydrogens is 264 g/mol.